The predicted molar refractivity (Wildman–Crippen MR) is 101 cm³/mol. The minimum atomic E-state index is 0.0482. The summed E-state index contributed by atoms with van der Waals surface area (Å²) in [5, 5.41) is 4.14. The van der Waals surface area contributed by atoms with E-state index in [2.05, 4.69) is 20.1 Å². The Labute approximate surface area is 162 Å². The van der Waals surface area contributed by atoms with Gasteiger partial charge in [-0.1, -0.05) is 11.2 Å². The van der Waals surface area contributed by atoms with Crippen molar-refractivity contribution in [2.45, 2.75) is 50.6 Å². The van der Waals surface area contributed by atoms with Gasteiger partial charge in [0.1, 0.15) is 5.69 Å². The number of amides is 1. The number of nitrogens with zero attached hydrogens (tertiary/aromatic N) is 5. The molecule has 1 amide bonds. The number of carbonyl (C=O) groups excluding carboxylic acids is 1. The summed E-state index contributed by atoms with van der Waals surface area (Å²) in [6.07, 6.45) is 8.87. The first-order valence-corrected chi connectivity index (χ1v) is 9.69. The van der Waals surface area contributed by atoms with E-state index in [-0.39, 0.29) is 23.9 Å². The van der Waals surface area contributed by atoms with Gasteiger partial charge in [0.15, 0.2) is 0 Å². The molecule has 0 aliphatic carbocycles. The molecule has 0 spiro atoms. The lowest BCUT2D eigenvalue weighted by Gasteiger charge is -2.37. The Bertz CT molecular complexity index is 989. The molecule has 28 heavy (non-hydrogen) atoms. The van der Waals surface area contributed by atoms with Crippen LogP contribution >= 0.6 is 0 Å². The minimum Gasteiger partial charge on any atom is -0.339 e. The Morgan fingerprint density at radius 1 is 1.11 bits per heavy atom. The van der Waals surface area contributed by atoms with Crippen LogP contribution in [0.15, 0.2) is 47.4 Å². The first-order chi connectivity index (χ1) is 13.7. The summed E-state index contributed by atoms with van der Waals surface area (Å²) < 4.78 is 5.59. The summed E-state index contributed by atoms with van der Waals surface area (Å²) in [7, 11) is 0. The van der Waals surface area contributed by atoms with Crippen molar-refractivity contribution < 1.29 is 9.32 Å². The number of rotatable bonds is 3. The average molecular weight is 375 g/mol. The predicted octanol–water partition coefficient (Wildman–Crippen LogP) is 3.39. The normalized spacial score (nSPS) is 23.8. The van der Waals surface area contributed by atoms with Gasteiger partial charge in [0.05, 0.1) is 0 Å². The largest absolute Gasteiger partial charge is 0.339 e. The molecule has 5 rings (SSSR count). The lowest BCUT2D eigenvalue weighted by atomic mass is 9.90. The molecule has 7 nitrogen and oxygen atoms in total. The highest BCUT2D eigenvalue weighted by molar-refractivity contribution is 5.94. The van der Waals surface area contributed by atoms with Crippen molar-refractivity contribution in [1.82, 2.24) is 25.0 Å². The fraction of sp³-hybridized carbons (Fsp3) is 0.381. The molecule has 1 unspecified atom stereocenters. The molecule has 7 heteroatoms. The Hall–Kier alpha value is -3.09. The quantitative estimate of drug-likeness (QED) is 0.698. The van der Waals surface area contributed by atoms with Crippen LogP contribution in [0.5, 0.6) is 0 Å². The second-order valence-electron chi connectivity index (χ2n) is 7.63. The Balaban J connectivity index is 1.36. The molecule has 2 aliphatic heterocycles. The fourth-order valence-corrected chi connectivity index (χ4v) is 4.56. The third-order valence-electron chi connectivity index (χ3n) is 5.91. The van der Waals surface area contributed by atoms with Crippen molar-refractivity contribution in [2.75, 3.05) is 0 Å². The second-order valence-corrected chi connectivity index (χ2v) is 7.63. The molecule has 2 fully saturated rings. The number of piperidine rings is 1. The first-order valence-electron chi connectivity index (χ1n) is 9.69. The summed E-state index contributed by atoms with van der Waals surface area (Å²) in [6, 6.07) is 7.95. The average Bonchev–Trinajstić information content (AvgIpc) is 3.32. The number of fused-ring (bicyclic) bond motifs is 2. The first kappa shape index (κ1) is 17.0. The van der Waals surface area contributed by atoms with Crippen LogP contribution in [0.3, 0.4) is 0 Å². The van der Waals surface area contributed by atoms with Crippen LogP contribution in [0.2, 0.25) is 0 Å². The van der Waals surface area contributed by atoms with Crippen LogP contribution in [-0.2, 0) is 0 Å². The summed E-state index contributed by atoms with van der Waals surface area (Å²) in [4.78, 5) is 28.1. The third kappa shape index (κ3) is 2.87. The van der Waals surface area contributed by atoms with Gasteiger partial charge in [-0.3, -0.25) is 14.8 Å². The number of aromatic nitrogens is 4. The molecule has 3 aromatic heterocycles. The van der Waals surface area contributed by atoms with Crippen LogP contribution in [0.4, 0.5) is 0 Å². The van der Waals surface area contributed by atoms with Gasteiger partial charge in [0.25, 0.3) is 5.91 Å². The number of carbonyl (C=O) groups is 1. The topological polar surface area (TPSA) is 85.0 Å². The van der Waals surface area contributed by atoms with E-state index in [0.29, 0.717) is 17.4 Å². The molecular formula is C21H21N5O2. The zero-order valence-electron chi connectivity index (χ0n) is 15.7. The minimum absolute atomic E-state index is 0.0482. The van der Waals surface area contributed by atoms with Gasteiger partial charge >= 0.3 is 0 Å². The molecule has 0 radical (unpaired) electrons. The number of hydrogen-bond acceptors (Lipinski definition) is 6. The molecule has 2 saturated heterocycles. The maximum Gasteiger partial charge on any atom is 0.273 e. The van der Waals surface area contributed by atoms with Crippen molar-refractivity contribution in [3.8, 4) is 11.4 Å². The number of pyridine rings is 2. The molecule has 0 saturated carbocycles. The summed E-state index contributed by atoms with van der Waals surface area (Å²) in [5.74, 6) is 1.50. The van der Waals surface area contributed by atoms with Crippen LogP contribution < -0.4 is 0 Å². The summed E-state index contributed by atoms with van der Waals surface area (Å²) in [6.45, 7) is 1.94. The lowest BCUT2D eigenvalue weighted by molar-refractivity contribution is 0.0548. The lowest BCUT2D eigenvalue weighted by Crippen LogP contribution is -2.46. The van der Waals surface area contributed by atoms with Gasteiger partial charge in [0, 0.05) is 42.2 Å². The highest BCUT2D eigenvalue weighted by atomic mass is 16.5. The molecule has 142 valence electrons. The van der Waals surface area contributed by atoms with Gasteiger partial charge < -0.3 is 9.42 Å². The smallest absolute Gasteiger partial charge is 0.273 e. The number of hydrogen-bond donors (Lipinski definition) is 0. The van der Waals surface area contributed by atoms with Crippen LogP contribution in [0.1, 0.15) is 53.5 Å². The molecule has 3 atom stereocenters. The van der Waals surface area contributed by atoms with Gasteiger partial charge in [0.2, 0.25) is 11.7 Å². The third-order valence-corrected chi connectivity index (χ3v) is 5.91. The van der Waals surface area contributed by atoms with Crippen molar-refractivity contribution in [3.63, 3.8) is 0 Å². The molecule has 2 bridgehead atoms. The van der Waals surface area contributed by atoms with Crippen molar-refractivity contribution in [3.05, 3.63) is 60.0 Å². The fourth-order valence-electron chi connectivity index (χ4n) is 4.56. The van der Waals surface area contributed by atoms with E-state index in [9.17, 15) is 4.79 Å². The molecule has 0 aromatic carbocycles. The van der Waals surface area contributed by atoms with E-state index in [1.807, 2.05) is 36.1 Å². The Morgan fingerprint density at radius 3 is 2.57 bits per heavy atom. The standard InChI is InChI=1S/C21H21N5O2/c1-13-3-2-8-23-18(13)21(27)26-16-4-5-17(26)12-15(11-16)20-24-19(25-28-20)14-6-9-22-10-7-14/h2-3,6-10,15-17H,4-5,11-12H2,1H3/t15?,16-,17+. The monoisotopic (exact) mass is 375 g/mol. The molecule has 3 aromatic rings. The second kappa shape index (κ2) is 6.82. The maximum absolute atomic E-state index is 13.1. The highest BCUT2D eigenvalue weighted by Crippen LogP contribution is 2.43. The molecule has 2 aliphatic rings. The van der Waals surface area contributed by atoms with Crippen molar-refractivity contribution >= 4 is 5.91 Å². The van der Waals surface area contributed by atoms with E-state index in [0.717, 1.165) is 36.8 Å². The van der Waals surface area contributed by atoms with Gasteiger partial charge in [-0.25, -0.2) is 0 Å². The zero-order chi connectivity index (χ0) is 19.1. The molecular weight excluding hydrogens is 354 g/mol. The van der Waals surface area contributed by atoms with Gasteiger partial charge in [-0.05, 0) is 56.4 Å². The van der Waals surface area contributed by atoms with E-state index < -0.39 is 0 Å². The van der Waals surface area contributed by atoms with E-state index >= 15 is 0 Å². The van der Waals surface area contributed by atoms with Crippen LogP contribution in [0.25, 0.3) is 11.4 Å². The molecule has 5 heterocycles. The number of aryl methyl sites for hydroxylation is 1. The van der Waals surface area contributed by atoms with Crippen LogP contribution in [0, 0.1) is 6.92 Å². The van der Waals surface area contributed by atoms with Gasteiger partial charge in [-0.2, -0.15) is 4.98 Å². The van der Waals surface area contributed by atoms with Crippen molar-refractivity contribution in [2.24, 2.45) is 0 Å². The molecule has 0 N–H and O–H groups in total. The van der Waals surface area contributed by atoms with E-state index in [4.69, 9.17) is 4.52 Å². The van der Waals surface area contributed by atoms with Gasteiger partial charge in [-0.15, -0.1) is 0 Å². The summed E-state index contributed by atoms with van der Waals surface area (Å²) >= 11 is 0. The van der Waals surface area contributed by atoms with Crippen LogP contribution in [-0.4, -0.2) is 43.0 Å². The highest BCUT2D eigenvalue weighted by Gasteiger charge is 2.45. The Morgan fingerprint density at radius 2 is 1.86 bits per heavy atom. The van der Waals surface area contributed by atoms with Crippen molar-refractivity contribution in [1.29, 1.82) is 0 Å². The maximum atomic E-state index is 13.1. The SMILES string of the molecule is Cc1cccnc1C(=O)N1[C@@H]2CC[C@H]1CC(c1nc(-c3ccncc3)no1)C2. The summed E-state index contributed by atoms with van der Waals surface area (Å²) in [5.41, 5.74) is 2.38. The van der Waals surface area contributed by atoms with E-state index in [1.165, 1.54) is 0 Å². The zero-order valence-corrected chi connectivity index (χ0v) is 15.7. The Kier molecular flexibility index (Phi) is 4.15. The van der Waals surface area contributed by atoms with E-state index in [1.54, 1.807) is 18.6 Å².